The molecule has 1 saturated carbocycles. The molecule has 0 saturated heterocycles. The predicted octanol–water partition coefficient (Wildman–Crippen LogP) is 3.19. The van der Waals surface area contributed by atoms with Crippen molar-refractivity contribution in [2.45, 2.75) is 18.3 Å². The Bertz CT molecular complexity index is 287. The molecule has 1 aliphatic rings. The third-order valence-electron chi connectivity index (χ3n) is 2.32. The summed E-state index contributed by atoms with van der Waals surface area (Å²) in [4.78, 5) is 1.21. The van der Waals surface area contributed by atoms with Crippen LogP contribution in [0.3, 0.4) is 0 Å². The van der Waals surface area contributed by atoms with Crippen LogP contribution in [0.5, 0.6) is 0 Å². The van der Waals surface area contributed by atoms with E-state index in [1.165, 1.54) is 4.88 Å². The molecule has 1 aromatic heterocycles. The highest BCUT2D eigenvalue weighted by molar-refractivity contribution is 9.10. The zero-order valence-corrected chi connectivity index (χ0v) is 9.47. The number of hydrogen-bond acceptors (Lipinski definition) is 2. The molecule has 0 spiro atoms. The first-order valence-corrected chi connectivity index (χ1v) is 5.73. The molecule has 0 atom stereocenters. The third-order valence-corrected chi connectivity index (χ3v) is 5.05. The van der Waals surface area contributed by atoms with Crippen LogP contribution >= 0.6 is 38.9 Å². The van der Waals surface area contributed by atoms with Gasteiger partial charge < -0.3 is 5.11 Å². The fourth-order valence-electron chi connectivity index (χ4n) is 1.24. The molecule has 1 aliphatic carbocycles. The molecule has 0 unspecified atom stereocenters. The number of halogens is 2. The molecule has 1 fully saturated rings. The zero-order chi connectivity index (χ0) is 8.77. The number of hydrogen-bond donors (Lipinski definition) is 1. The average molecular weight is 268 g/mol. The molecule has 0 amide bonds. The van der Waals surface area contributed by atoms with E-state index in [2.05, 4.69) is 15.9 Å². The lowest BCUT2D eigenvalue weighted by Crippen LogP contribution is -2.09. The molecular formula is C8H8BrClOS. The van der Waals surface area contributed by atoms with Crippen LogP contribution in [-0.4, -0.2) is 11.7 Å². The molecule has 1 nitrogen and oxygen atoms in total. The van der Waals surface area contributed by atoms with E-state index < -0.39 is 0 Å². The molecule has 0 bridgehead atoms. The van der Waals surface area contributed by atoms with Crippen LogP contribution < -0.4 is 0 Å². The summed E-state index contributed by atoms with van der Waals surface area (Å²) in [5.74, 6) is 0. The average Bonchev–Trinajstić information content (AvgIpc) is 2.77. The highest BCUT2D eigenvalue weighted by atomic mass is 79.9. The van der Waals surface area contributed by atoms with Crippen molar-refractivity contribution in [2.24, 2.45) is 0 Å². The van der Waals surface area contributed by atoms with Gasteiger partial charge >= 0.3 is 0 Å². The lowest BCUT2D eigenvalue weighted by Gasteiger charge is -2.06. The largest absolute Gasteiger partial charge is 0.395 e. The highest BCUT2D eigenvalue weighted by Crippen LogP contribution is 2.52. The maximum atomic E-state index is 9.16. The van der Waals surface area contributed by atoms with Crippen molar-refractivity contribution in [1.29, 1.82) is 0 Å². The van der Waals surface area contributed by atoms with Crippen molar-refractivity contribution in [3.05, 3.63) is 19.8 Å². The van der Waals surface area contributed by atoms with E-state index in [0.717, 1.165) is 21.7 Å². The molecular weight excluding hydrogens is 260 g/mol. The van der Waals surface area contributed by atoms with Crippen molar-refractivity contribution in [3.8, 4) is 0 Å². The van der Waals surface area contributed by atoms with Crippen LogP contribution in [0.4, 0.5) is 0 Å². The van der Waals surface area contributed by atoms with Gasteiger partial charge in [-0.25, -0.2) is 0 Å². The fraction of sp³-hybridized carbons (Fsp3) is 0.500. The Morgan fingerprint density at radius 3 is 2.67 bits per heavy atom. The molecule has 0 aromatic carbocycles. The molecule has 1 heterocycles. The normalized spacial score (nSPS) is 19.6. The van der Waals surface area contributed by atoms with E-state index in [0.29, 0.717) is 0 Å². The summed E-state index contributed by atoms with van der Waals surface area (Å²) < 4.78 is 1.73. The zero-order valence-electron chi connectivity index (χ0n) is 6.31. The van der Waals surface area contributed by atoms with Gasteiger partial charge in [-0.05, 0) is 34.8 Å². The lowest BCUT2D eigenvalue weighted by atomic mass is 10.1. The number of aliphatic hydroxyl groups is 1. The van der Waals surface area contributed by atoms with Gasteiger partial charge in [0.2, 0.25) is 0 Å². The first kappa shape index (κ1) is 9.00. The van der Waals surface area contributed by atoms with E-state index in [-0.39, 0.29) is 12.0 Å². The van der Waals surface area contributed by atoms with E-state index in [1.807, 2.05) is 6.07 Å². The highest BCUT2D eigenvalue weighted by Gasteiger charge is 2.45. The minimum absolute atomic E-state index is 0.0559. The second kappa shape index (κ2) is 2.98. The summed E-state index contributed by atoms with van der Waals surface area (Å²) in [5, 5.41) is 9.16. The Labute approximate surface area is 88.5 Å². The molecule has 66 valence electrons. The van der Waals surface area contributed by atoms with E-state index in [4.69, 9.17) is 16.7 Å². The van der Waals surface area contributed by atoms with Gasteiger partial charge in [-0.15, -0.1) is 11.3 Å². The van der Waals surface area contributed by atoms with Crippen LogP contribution in [0.15, 0.2) is 10.5 Å². The Morgan fingerprint density at radius 1 is 1.67 bits per heavy atom. The van der Waals surface area contributed by atoms with E-state index in [1.54, 1.807) is 11.3 Å². The Kier molecular flexibility index (Phi) is 2.24. The summed E-state index contributed by atoms with van der Waals surface area (Å²) >= 11 is 10.8. The molecule has 2 rings (SSSR count). The standard InChI is InChI=1S/C8H8BrClOS/c9-5-3-6(12-7(5)10)8(4-11)1-2-8/h3,11H,1-2,4H2. The van der Waals surface area contributed by atoms with Crippen LogP contribution in [0.2, 0.25) is 4.34 Å². The summed E-state index contributed by atoms with van der Waals surface area (Å²) in [7, 11) is 0. The summed E-state index contributed by atoms with van der Waals surface area (Å²) in [6, 6.07) is 2.02. The third kappa shape index (κ3) is 1.33. The lowest BCUT2D eigenvalue weighted by molar-refractivity contribution is 0.257. The quantitative estimate of drug-likeness (QED) is 0.872. The molecule has 0 radical (unpaired) electrons. The number of rotatable bonds is 2. The Balaban J connectivity index is 2.34. The second-order valence-corrected chi connectivity index (χ2v) is 5.68. The monoisotopic (exact) mass is 266 g/mol. The number of thiophene rings is 1. The SMILES string of the molecule is OCC1(c2cc(Br)c(Cl)s2)CC1. The van der Waals surface area contributed by atoms with Crippen molar-refractivity contribution < 1.29 is 5.11 Å². The Morgan fingerprint density at radius 2 is 2.33 bits per heavy atom. The fourth-order valence-corrected chi connectivity index (χ4v) is 3.18. The van der Waals surface area contributed by atoms with Gasteiger partial charge in [-0.2, -0.15) is 0 Å². The van der Waals surface area contributed by atoms with Crippen LogP contribution in [-0.2, 0) is 5.41 Å². The Hall–Kier alpha value is 0.430. The van der Waals surface area contributed by atoms with Crippen molar-refractivity contribution in [3.63, 3.8) is 0 Å². The molecule has 12 heavy (non-hydrogen) atoms. The first-order chi connectivity index (χ1) is 5.68. The van der Waals surface area contributed by atoms with Gasteiger partial charge in [0.15, 0.2) is 0 Å². The van der Waals surface area contributed by atoms with Gasteiger partial charge in [0.1, 0.15) is 4.34 Å². The van der Waals surface area contributed by atoms with Crippen molar-refractivity contribution in [2.75, 3.05) is 6.61 Å². The van der Waals surface area contributed by atoms with Crippen LogP contribution in [0, 0.1) is 0 Å². The number of aliphatic hydroxyl groups excluding tert-OH is 1. The van der Waals surface area contributed by atoms with Crippen LogP contribution in [0.25, 0.3) is 0 Å². The minimum Gasteiger partial charge on any atom is -0.395 e. The van der Waals surface area contributed by atoms with E-state index in [9.17, 15) is 0 Å². The summed E-state index contributed by atoms with van der Waals surface area (Å²) in [6.07, 6.45) is 2.18. The van der Waals surface area contributed by atoms with Crippen LogP contribution in [0.1, 0.15) is 17.7 Å². The molecule has 1 N–H and O–H groups in total. The first-order valence-electron chi connectivity index (χ1n) is 3.74. The maximum Gasteiger partial charge on any atom is 0.107 e. The van der Waals surface area contributed by atoms with Gasteiger partial charge in [0.05, 0.1) is 6.61 Å². The van der Waals surface area contributed by atoms with Gasteiger partial charge in [0.25, 0.3) is 0 Å². The van der Waals surface area contributed by atoms with Gasteiger partial charge in [-0.1, -0.05) is 11.6 Å². The molecule has 0 aliphatic heterocycles. The van der Waals surface area contributed by atoms with Crippen molar-refractivity contribution in [1.82, 2.24) is 0 Å². The van der Waals surface area contributed by atoms with E-state index >= 15 is 0 Å². The molecule has 1 aromatic rings. The van der Waals surface area contributed by atoms with Crippen molar-refractivity contribution >= 4 is 38.9 Å². The van der Waals surface area contributed by atoms with Gasteiger partial charge in [-0.3, -0.25) is 0 Å². The summed E-state index contributed by atoms with van der Waals surface area (Å²) in [5.41, 5.74) is 0.0559. The predicted molar refractivity (Wildman–Crippen MR) is 55.0 cm³/mol. The summed E-state index contributed by atoms with van der Waals surface area (Å²) in [6.45, 7) is 0.246. The maximum absolute atomic E-state index is 9.16. The smallest absolute Gasteiger partial charge is 0.107 e. The molecule has 4 heteroatoms. The topological polar surface area (TPSA) is 20.2 Å². The van der Waals surface area contributed by atoms with Gasteiger partial charge in [0, 0.05) is 14.8 Å². The second-order valence-electron chi connectivity index (χ2n) is 3.17. The minimum atomic E-state index is 0.0559.